The van der Waals surface area contributed by atoms with Crippen molar-refractivity contribution < 1.29 is 5.11 Å². The molecular weight excluding hydrogens is 196 g/mol. The largest absolute Gasteiger partial charge is 0.393 e. The first-order chi connectivity index (χ1) is 7.81. The lowest BCUT2D eigenvalue weighted by molar-refractivity contribution is 0.177. The number of hydrogen-bond donors (Lipinski definition) is 1. The topological polar surface area (TPSA) is 20.2 Å². The van der Waals surface area contributed by atoms with E-state index in [-0.39, 0.29) is 6.10 Å². The van der Waals surface area contributed by atoms with Gasteiger partial charge in [-0.25, -0.2) is 0 Å². The zero-order valence-electron chi connectivity index (χ0n) is 9.78. The molecule has 1 saturated carbocycles. The maximum atomic E-state index is 9.53. The predicted molar refractivity (Wildman–Crippen MR) is 65.5 cm³/mol. The van der Waals surface area contributed by atoms with Crippen molar-refractivity contribution in [3.8, 4) is 0 Å². The maximum absolute atomic E-state index is 9.53. The molecule has 0 bridgehead atoms. The lowest BCUT2D eigenvalue weighted by Crippen LogP contribution is -2.03. The molecule has 1 fully saturated rings. The smallest absolute Gasteiger partial charge is 0.0543 e. The number of aryl methyl sites for hydroxylation is 2. The SMILES string of the molecule is OC1CCC(Cc2ccc3c(c2)CCC3)C1. The Morgan fingerprint density at radius 2 is 2.00 bits per heavy atom. The van der Waals surface area contributed by atoms with Crippen LogP contribution in [0.5, 0.6) is 0 Å². The second-order valence-corrected chi connectivity index (χ2v) is 5.49. The van der Waals surface area contributed by atoms with E-state index in [1.807, 2.05) is 0 Å². The van der Waals surface area contributed by atoms with Gasteiger partial charge in [-0.05, 0) is 67.6 Å². The molecule has 0 amide bonds. The molecule has 1 heteroatoms. The lowest BCUT2D eigenvalue weighted by Gasteiger charge is -2.10. The molecule has 2 aliphatic rings. The zero-order chi connectivity index (χ0) is 11.0. The fraction of sp³-hybridized carbons (Fsp3) is 0.600. The molecule has 0 aromatic heterocycles. The first-order valence-electron chi connectivity index (χ1n) is 6.60. The number of aliphatic hydroxyl groups excluding tert-OH is 1. The summed E-state index contributed by atoms with van der Waals surface area (Å²) in [5.74, 6) is 0.717. The quantitative estimate of drug-likeness (QED) is 0.806. The van der Waals surface area contributed by atoms with E-state index in [0.29, 0.717) is 0 Å². The van der Waals surface area contributed by atoms with Crippen molar-refractivity contribution in [1.82, 2.24) is 0 Å². The van der Waals surface area contributed by atoms with Crippen molar-refractivity contribution in [2.45, 2.75) is 51.0 Å². The molecule has 0 heterocycles. The van der Waals surface area contributed by atoms with Crippen LogP contribution in [0.15, 0.2) is 18.2 Å². The van der Waals surface area contributed by atoms with Crippen LogP contribution in [0.2, 0.25) is 0 Å². The Balaban J connectivity index is 1.71. The van der Waals surface area contributed by atoms with Crippen LogP contribution in [0.3, 0.4) is 0 Å². The third-order valence-electron chi connectivity index (χ3n) is 4.20. The fourth-order valence-electron chi connectivity index (χ4n) is 3.32. The Hall–Kier alpha value is -0.820. The highest BCUT2D eigenvalue weighted by atomic mass is 16.3. The minimum Gasteiger partial charge on any atom is -0.393 e. The molecule has 1 aromatic rings. The Bertz CT molecular complexity index is 383. The van der Waals surface area contributed by atoms with E-state index >= 15 is 0 Å². The molecule has 0 saturated heterocycles. The highest BCUT2D eigenvalue weighted by molar-refractivity contribution is 5.35. The molecule has 2 aliphatic carbocycles. The fourth-order valence-corrected chi connectivity index (χ4v) is 3.32. The van der Waals surface area contributed by atoms with Gasteiger partial charge in [-0.1, -0.05) is 18.2 Å². The molecule has 1 nitrogen and oxygen atoms in total. The summed E-state index contributed by atoms with van der Waals surface area (Å²) in [6, 6.07) is 7.03. The van der Waals surface area contributed by atoms with Gasteiger partial charge in [0.1, 0.15) is 0 Å². The number of hydrogen-bond acceptors (Lipinski definition) is 1. The van der Waals surface area contributed by atoms with Gasteiger partial charge in [-0.2, -0.15) is 0 Å². The van der Waals surface area contributed by atoms with E-state index in [1.54, 1.807) is 11.1 Å². The summed E-state index contributed by atoms with van der Waals surface area (Å²) in [6.45, 7) is 0. The highest BCUT2D eigenvalue weighted by Crippen LogP contribution is 2.30. The molecule has 2 unspecified atom stereocenters. The average molecular weight is 216 g/mol. The minimum absolute atomic E-state index is 0.0283. The third-order valence-corrected chi connectivity index (χ3v) is 4.20. The Kier molecular flexibility index (Phi) is 2.72. The van der Waals surface area contributed by atoms with Gasteiger partial charge in [0.25, 0.3) is 0 Å². The molecule has 1 N–H and O–H groups in total. The van der Waals surface area contributed by atoms with Gasteiger partial charge in [0.2, 0.25) is 0 Å². The van der Waals surface area contributed by atoms with Crippen molar-refractivity contribution in [1.29, 1.82) is 0 Å². The lowest BCUT2D eigenvalue weighted by atomic mass is 9.95. The molecule has 0 spiro atoms. The van der Waals surface area contributed by atoms with Gasteiger partial charge >= 0.3 is 0 Å². The average Bonchev–Trinajstić information content (AvgIpc) is 2.87. The van der Waals surface area contributed by atoms with Crippen LogP contribution in [0, 0.1) is 5.92 Å². The number of fused-ring (bicyclic) bond motifs is 1. The van der Waals surface area contributed by atoms with E-state index in [2.05, 4.69) is 18.2 Å². The van der Waals surface area contributed by atoms with Crippen molar-refractivity contribution in [2.75, 3.05) is 0 Å². The highest BCUT2D eigenvalue weighted by Gasteiger charge is 2.23. The summed E-state index contributed by atoms with van der Waals surface area (Å²) in [5.41, 5.74) is 4.63. The molecule has 0 radical (unpaired) electrons. The minimum atomic E-state index is -0.0283. The Morgan fingerprint density at radius 3 is 2.81 bits per heavy atom. The van der Waals surface area contributed by atoms with E-state index in [9.17, 15) is 5.11 Å². The monoisotopic (exact) mass is 216 g/mol. The van der Waals surface area contributed by atoms with Gasteiger partial charge in [-0.3, -0.25) is 0 Å². The van der Waals surface area contributed by atoms with Crippen LogP contribution >= 0.6 is 0 Å². The summed E-state index contributed by atoms with van der Waals surface area (Å²) in [5, 5.41) is 9.53. The van der Waals surface area contributed by atoms with Crippen LogP contribution in [0.1, 0.15) is 42.4 Å². The van der Waals surface area contributed by atoms with Crippen LogP contribution in [0.25, 0.3) is 0 Å². The molecule has 1 aromatic carbocycles. The van der Waals surface area contributed by atoms with Crippen molar-refractivity contribution in [3.05, 3.63) is 34.9 Å². The summed E-state index contributed by atoms with van der Waals surface area (Å²) in [4.78, 5) is 0. The molecule has 86 valence electrons. The Morgan fingerprint density at radius 1 is 1.12 bits per heavy atom. The van der Waals surface area contributed by atoms with Gasteiger partial charge < -0.3 is 5.11 Å². The van der Waals surface area contributed by atoms with E-state index < -0.39 is 0 Å². The second kappa shape index (κ2) is 4.21. The number of aliphatic hydroxyl groups is 1. The van der Waals surface area contributed by atoms with Gasteiger partial charge in [0.15, 0.2) is 0 Å². The number of benzene rings is 1. The molecular formula is C15H20O. The maximum Gasteiger partial charge on any atom is 0.0543 e. The molecule has 16 heavy (non-hydrogen) atoms. The van der Waals surface area contributed by atoms with E-state index in [4.69, 9.17) is 0 Å². The summed E-state index contributed by atoms with van der Waals surface area (Å²) >= 11 is 0. The zero-order valence-corrected chi connectivity index (χ0v) is 9.78. The Labute approximate surface area is 97.5 Å². The first kappa shape index (κ1) is 10.3. The molecule has 2 atom stereocenters. The predicted octanol–water partition coefficient (Wildman–Crippen LogP) is 2.88. The van der Waals surface area contributed by atoms with E-state index in [1.165, 1.54) is 37.7 Å². The summed E-state index contributed by atoms with van der Waals surface area (Å²) in [7, 11) is 0. The summed E-state index contributed by atoms with van der Waals surface area (Å²) in [6.07, 6.45) is 8.25. The van der Waals surface area contributed by atoms with Gasteiger partial charge in [0.05, 0.1) is 6.10 Å². The normalized spacial score (nSPS) is 28.3. The molecule has 3 rings (SSSR count). The van der Waals surface area contributed by atoms with Gasteiger partial charge in [-0.15, -0.1) is 0 Å². The molecule has 0 aliphatic heterocycles. The first-order valence-corrected chi connectivity index (χ1v) is 6.60. The van der Waals surface area contributed by atoms with Crippen LogP contribution < -0.4 is 0 Å². The number of rotatable bonds is 2. The third kappa shape index (κ3) is 2.01. The van der Waals surface area contributed by atoms with E-state index in [0.717, 1.165) is 18.8 Å². The standard InChI is InChI=1S/C15H20O/c16-15-7-5-12(10-15)8-11-4-6-13-2-1-3-14(13)9-11/h4,6,9,12,15-16H,1-3,5,7-8,10H2. The van der Waals surface area contributed by atoms with Crippen LogP contribution in [0.4, 0.5) is 0 Å². The van der Waals surface area contributed by atoms with Gasteiger partial charge in [0, 0.05) is 0 Å². The van der Waals surface area contributed by atoms with Crippen molar-refractivity contribution >= 4 is 0 Å². The summed E-state index contributed by atoms with van der Waals surface area (Å²) < 4.78 is 0. The second-order valence-electron chi connectivity index (χ2n) is 5.49. The van der Waals surface area contributed by atoms with Crippen LogP contribution in [-0.4, -0.2) is 11.2 Å². The van der Waals surface area contributed by atoms with Crippen molar-refractivity contribution in [2.24, 2.45) is 5.92 Å². The van der Waals surface area contributed by atoms with Crippen LogP contribution in [-0.2, 0) is 19.3 Å². The van der Waals surface area contributed by atoms with Crippen molar-refractivity contribution in [3.63, 3.8) is 0 Å².